The van der Waals surface area contributed by atoms with Crippen LogP contribution in [0, 0.1) is 23.2 Å². The zero-order valence-electron chi connectivity index (χ0n) is 16.1. The molecule has 28 heavy (non-hydrogen) atoms. The van der Waals surface area contributed by atoms with Gasteiger partial charge in [0.05, 0.1) is 0 Å². The van der Waals surface area contributed by atoms with Gasteiger partial charge < -0.3 is 4.74 Å². The van der Waals surface area contributed by atoms with Gasteiger partial charge in [0.2, 0.25) is 0 Å². The van der Waals surface area contributed by atoms with Crippen LogP contribution in [0.5, 0.6) is 5.75 Å². The van der Waals surface area contributed by atoms with Crippen molar-refractivity contribution in [1.82, 2.24) is 0 Å². The zero-order valence-corrected chi connectivity index (χ0v) is 16.1. The molecule has 6 rings (SSSR count). The van der Waals surface area contributed by atoms with Gasteiger partial charge >= 0.3 is 0 Å². The van der Waals surface area contributed by atoms with E-state index in [4.69, 9.17) is 4.74 Å². The van der Waals surface area contributed by atoms with Crippen molar-refractivity contribution in [2.75, 3.05) is 6.61 Å². The SMILES string of the molecule is O=C(c1ccccc1)c1ccc(OCC(=O)C23CC4CC(CC(C4)C2)C3)cc1. The van der Waals surface area contributed by atoms with Crippen molar-refractivity contribution >= 4 is 11.6 Å². The van der Waals surface area contributed by atoms with Crippen LogP contribution in [-0.2, 0) is 4.79 Å². The number of carbonyl (C=O) groups excluding carboxylic acids is 2. The Kier molecular flexibility index (Phi) is 4.34. The highest BCUT2D eigenvalue weighted by atomic mass is 16.5. The van der Waals surface area contributed by atoms with Crippen molar-refractivity contribution < 1.29 is 14.3 Å². The molecule has 0 spiro atoms. The lowest BCUT2D eigenvalue weighted by Crippen LogP contribution is -2.51. The highest BCUT2D eigenvalue weighted by molar-refractivity contribution is 6.09. The first-order valence-corrected chi connectivity index (χ1v) is 10.5. The van der Waals surface area contributed by atoms with Gasteiger partial charge in [-0.3, -0.25) is 9.59 Å². The molecule has 0 unspecified atom stereocenters. The summed E-state index contributed by atoms with van der Waals surface area (Å²) in [5, 5.41) is 0. The Labute approximate surface area is 166 Å². The van der Waals surface area contributed by atoms with Crippen molar-refractivity contribution in [1.29, 1.82) is 0 Å². The van der Waals surface area contributed by atoms with Crippen molar-refractivity contribution in [3.05, 3.63) is 65.7 Å². The summed E-state index contributed by atoms with van der Waals surface area (Å²) in [4.78, 5) is 25.5. The molecular formula is C25H26O3. The maximum atomic E-state index is 13.1. The lowest BCUT2D eigenvalue weighted by Gasteiger charge is -2.55. The van der Waals surface area contributed by atoms with Gasteiger partial charge in [-0.05, 0) is 80.5 Å². The van der Waals surface area contributed by atoms with E-state index in [9.17, 15) is 9.59 Å². The van der Waals surface area contributed by atoms with Crippen LogP contribution >= 0.6 is 0 Å². The quantitative estimate of drug-likeness (QED) is 0.662. The molecule has 0 aliphatic heterocycles. The van der Waals surface area contributed by atoms with E-state index in [-0.39, 0.29) is 23.6 Å². The molecule has 0 amide bonds. The molecule has 4 aliphatic rings. The van der Waals surface area contributed by atoms with E-state index in [1.165, 1.54) is 19.3 Å². The third kappa shape index (κ3) is 3.17. The summed E-state index contributed by atoms with van der Waals surface area (Å²) in [5.41, 5.74) is 1.19. The fraction of sp³-hybridized carbons (Fsp3) is 0.440. The maximum Gasteiger partial charge on any atom is 0.193 e. The summed E-state index contributed by atoms with van der Waals surface area (Å²) in [5.74, 6) is 3.23. The molecule has 3 nitrogen and oxygen atoms in total. The molecule has 4 bridgehead atoms. The second-order valence-corrected chi connectivity index (χ2v) is 9.13. The summed E-state index contributed by atoms with van der Waals surface area (Å²) >= 11 is 0. The average Bonchev–Trinajstić information content (AvgIpc) is 2.71. The number of ketones is 2. The molecule has 4 aliphatic carbocycles. The highest BCUT2D eigenvalue weighted by Gasteiger charge is 2.54. The van der Waals surface area contributed by atoms with Gasteiger partial charge in [0.1, 0.15) is 12.4 Å². The molecule has 4 fully saturated rings. The van der Waals surface area contributed by atoms with E-state index in [1.54, 1.807) is 24.3 Å². The molecule has 2 aromatic carbocycles. The van der Waals surface area contributed by atoms with Gasteiger partial charge in [-0.1, -0.05) is 30.3 Å². The number of Topliss-reactive ketones (excluding diaryl/α,β-unsaturated/α-hetero) is 1. The van der Waals surface area contributed by atoms with Crippen LogP contribution in [0.15, 0.2) is 54.6 Å². The topological polar surface area (TPSA) is 43.4 Å². The summed E-state index contributed by atoms with van der Waals surface area (Å²) in [6.07, 6.45) is 7.24. The molecule has 0 atom stereocenters. The van der Waals surface area contributed by atoms with Gasteiger partial charge in [0.15, 0.2) is 11.6 Å². The minimum Gasteiger partial charge on any atom is -0.486 e. The van der Waals surface area contributed by atoms with Crippen LogP contribution < -0.4 is 4.74 Å². The Morgan fingerprint density at radius 2 is 1.32 bits per heavy atom. The van der Waals surface area contributed by atoms with E-state index in [0.29, 0.717) is 16.9 Å². The van der Waals surface area contributed by atoms with Crippen LogP contribution in [0.2, 0.25) is 0 Å². The molecular weight excluding hydrogens is 348 g/mol. The first kappa shape index (κ1) is 17.7. The highest BCUT2D eigenvalue weighted by Crippen LogP contribution is 2.60. The first-order chi connectivity index (χ1) is 13.6. The number of hydrogen-bond donors (Lipinski definition) is 0. The molecule has 0 heterocycles. The van der Waals surface area contributed by atoms with E-state index >= 15 is 0 Å². The number of carbonyl (C=O) groups is 2. The van der Waals surface area contributed by atoms with Crippen LogP contribution in [0.4, 0.5) is 0 Å². The zero-order chi connectivity index (χ0) is 19.1. The number of benzene rings is 2. The normalized spacial score (nSPS) is 30.2. The monoisotopic (exact) mass is 374 g/mol. The predicted molar refractivity (Wildman–Crippen MR) is 107 cm³/mol. The van der Waals surface area contributed by atoms with Crippen LogP contribution in [0.25, 0.3) is 0 Å². The Hall–Kier alpha value is -2.42. The van der Waals surface area contributed by atoms with Crippen molar-refractivity contribution in [3.63, 3.8) is 0 Å². The van der Waals surface area contributed by atoms with Gasteiger partial charge in [0, 0.05) is 16.5 Å². The fourth-order valence-corrected chi connectivity index (χ4v) is 6.21. The van der Waals surface area contributed by atoms with E-state index in [1.807, 2.05) is 30.3 Å². The van der Waals surface area contributed by atoms with E-state index in [0.717, 1.165) is 37.0 Å². The lowest BCUT2D eigenvalue weighted by atomic mass is 9.48. The summed E-state index contributed by atoms with van der Waals surface area (Å²) < 4.78 is 5.84. The minimum absolute atomic E-state index is 0.00297. The predicted octanol–water partition coefficient (Wildman–Crippen LogP) is 5.08. The third-order valence-electron chi connectivity index (χ3n) is 7.15. The van der Waals surface area contributed by atoms with Gasteiger partial charge in [-0.2, -0.15) is 0 Å². The van der Waals surface area contributed by atoms with Crippen molar-refractivity contribution in [2.24, 2.45) is 23.2 Å². The van der Waals surface area contributed by atoms with Crippen LogP contribution in [0.1, 0.15) is 54.4 Å². The Balaban J connectivity index is 1.23. The van der Waals surface area contributed by atoms with Gasteiger partial charge in [-0.15, -0.1) is 0 Å². The molecule has 3 heteroatoms. The van der Waals surface area contributed by atoms with Crippen molar-refractivity contribution in [3.8, 4) is 5.75 Å². The Morgan fingerprint density at radius 3 is 1.89 bits per heavy atom. The average molecular weight is 374 g/mol. The largest absolute Gasteiger partial charge is 0.486 e. The summed E-state index contributed by atoms with van der Waals surface area (Å²) in [7, 11) is 0. The van der Waals surface area contributed by atoms with Gasteiger partial charge in [-0.25, -0.2) is 0 Å². The van der Waals surface area contributed by atoms with Crippen LogP contribution in [-0.4, -0.2) is 18.2 Å². The molecule has 0 radical (unpaired) electrons. The number of rotatable bonds is 6. The smallest absolute Gasteiger partial charge is 0.193 e. The molecule has 0 saturated heterocycles. The minimum atomic E-state index is -0.113. The van der Waals surface area contributed by atoms with E-state index < -0.39 is 0 Å². The second kappa shape index (κ2) is 6.88. The maximum absolute atomic E-state index is 13.1. The lowest BCUT2D eigenvalue weighted by molar-refractivity contribution is -0.145. The second-order valence-electron chi connectivity index (χ2n) is 9.13. The molecule has 0 aromatic heterocycles. The van der Waals surface area contributed by atoms with Crippen molar-refractivity contribution in [2.45, 2.75) is 38.5 Å². The molecule has 144 valence electrons. The Morgan fingerprint density at radius 1 is 0.786 bits per heavy atom. The summed E-state index contributed by atoms with van der Waals surface area (Å²) in [6.45, 7) is 0.151. The fourth-order valence-electron chi connectivity index (χ4n) is 6.21. The number of ether oxygens (including phenoxy) is 1. The third-order valence-corrected chi connectivity index (χ3v) is 7.15. The molecule has 0 N–H and O–H groups in total. The van der Waals surface area contributed by atoms with E-state index in [2.05, 4.69) is 0 Å². The van der Waals surface area contributed by atoms with Gasteiger partial charge in [0.25, 0.3) is 0 Å². The first-order valence-electron chi connectivity index (χ1n) is 10.5. The standard InChI is InChI=1S/C25H26O3/c26-23(25-13-17-10-18(14-25)12-19(11-17)15-25)16-28-22-8-6-21(7-9-22)24(27)20-4-2-1-3-5-20/h1-9,17-19H,10-16H2. The molecule has 4 saturated carbocycles. The Bertz CT molecular complexity index is 846. The number of hydrogen-bond acceptors (Lipinski definition) is 3. The molecule has 2 aromatic rings. The summed E-state index contributed by atoms with van der Waals surface area (Å²) in [6, 6.07) is 16.4. The van der Waals surface area contributed by atoms with Crippen LogP contribution in [0.3, 0.4) is 0 Å².